The number of halogens is 3. The normalized spacial score (nSPS) is 22.7. The molecular weight excluding hydrogens is 279 g/mol. The summed E-state index contributed by atoms with van der Waals surface area (Å²) in [5.74, 6) is 0. The van der Waals surface area contributed by atoms with Crippen LogP contribution in [0.5, 0.6) is 0 Å². The van der Waals surface area contributed by atoms with Gasteiger partial charge in [0.25, 0.3) is 0 Å². The molecular formula is C12H12F3NO2S. The zero-order valence-corrected chi connectivity index (χ0v) is 10.6. The number of nitrogens with one attached hydrogen (secondary N) is 1. The Hall–Kier alpha value is -1.37. The second-order valence-corrected chi connectivity index (χ2v) is 5.76. The molecule has 1 fully saturated rings. The molecule has 0 radical (unpaired) electrons. The fraction of sp³-hybridized carbons (Fsp3) is 0.417. The van der Waals surface area contributed by atoms with Crippen molar-refractivity contribution in [3.05, 3.63) is 29.8 Å². The molecule has 0 atom stereocenters. The number of amides is 1. The van der Waals surface area contributed by atoms with Crippen LogP contribution < -0.4 is 5.32 Å². The molecule has 2 N–H and O–H groups in total. The van der Waals surface area contributed by atoms with E-state index in [-0.39, 0.29) is 11.3 Å². The second-order valence-electron chi connectivity index (χ2n) is 4.38. The van der Waals surface area contributed by atoms with Gasteiger partial charge in [-0.1, -0.05) is 6.07 Å². The van der Waals surface area contributed by atoms with Crippen LogP contribution in [0.15, 0.2) is 29.2 Å². The summed E-state index contributed by atoms with van der Waals surface area (Å²) in [6, 6.07) is 5.11. The first-order valence-electron chi connectivity index (χ1n) is 5.68. The maximum absolute atomic E-state index is 12.5. The molecule has 0 unspecified atom stereocenters. The van der Waals surface area contributed by atoms with Gasteiger partial charge in [-0.05, 0) is 31.0 Å². The molecule has 0 aliphatic heterocycles. The molecule has 104 valence electrons. The standard InChI is InChI=1S/C12H12F3NO2S/c13-12(14,15)7-2-1-3-9(4-7)19-10-5-8(6-10)16-11(17)18/h1-4,8,10,16H,5-6H2,(H,17,18). The van der Waals surface area contributed by atoms with Crippen LogP contribution in [0.3, 0.4) is 0 Å². The fourth-order valence-electron chi connectivity index (χ4n) is 1.89. The molecule has 1 amide bonds. The molecule has 2 rings (SSSR count). The maximum atomic E-state index is 12.5. The third kappa shape index (κ3) is 3.79. The second kappa shape index (κ2) is 5.32. The van der Waals surface area contributed by atoms with Gasteiger partial charge in [0.15, 0.2) is 0 Å². The molecule has 0 aromatic heterocycles. The van der Waals surface area contributed by atoms with Crippen molar-refractivity contribution in [1.82, 2.24) is 5.32 Å². The van der Waals surface area contributed by atoms with E-state index in [1.165, 1.54) is 17.8 Å². The Morgan fingerprint density at radius 3 is 2.63 bits per heavy atom. The number of carboxylic acid groups (broad SMARTS) is 1. The smallest absolute Gasteiger partial charge is 0.416 e. The van der Waals surface area contributed by atoms with Crippen LogP contribution in [0.4, 0.5) is 18.0 Å². The quantitative estimate of drug-likeness (QED) is 0.894. The Morgan fingerprint density at radius 1 is 1.37 bits per heavy atom. The number of benzene rings is 1. The van der Waals surface area contributed by atoms with Gasteiger partial charge in [-0.3, -0.25) is 0 Å². The minimum Gasteiger partial charge on any atom is -0.465 e. The lowest BCUT2D eigenvalue weighted by atomic mass is 9.92. The van der Waals surface area contributed by atoms with E-state index in [1.807, 2.05) is 0 Å². The lowest BCUT2D eigenvalue weighted by Gasteiger charge is -2.34. The van der Waals surface area contributed by atoms with E-state index in [2.05, 4.69) is 5.32 Å². The number of carbonyl (C=O) groups is 1. The average molecular weight is 291 g/mol. The summed E-state index contributed by atoms with van der Waals surface area (Å²) < 4.78 is 37.6. The van der Waals surface area contributed by atoms with Gasteiger partial charge in [0, 0.05) is 16.2 Å². The number of hydrogen-bond acceptors (Lipinski definition) is 2. The van der Waals surface area contributed by atoms with E-state index < -0.39 is 17.8 Å². The number of hydrogen-bond donors (Lipinski definition) is 2. The average Bonchev–Trinajstić information content (AvgIpc) is 2.25. The van der Waals surface area contributed by atoms with E-state index in [0.717, 1.165) is 12.1 Å². The minimum atomic E-state index is -4.33. The predicted octanol–water partition coefficient (Wildman–Crippen LogP) is 3.60. The molecule has 0 saturated heterocycles. The monoisotopic (exact) mass is 291 g/mol. The molecule has 1 aromatic rings. The van der Waals surface area contributed by atoms with Crippen molar-refractivity contribution in [2.75, 3.05) is 0 Å². The maximum Gasteiger partial charge on any atom is 0.416 e. The highest BCUT2D eigenvalue weighted by Gasteiger charge is 2.33. The molecule has 7 heteroatoms. The molecule has 1 aliphatic carbocycles. The van der Waals surface area contributed by atoms with E-state index >= 15 is 0 Å². The molecule has 0 heterocycles. The van der Waals surface area contributed by atoms with Gasteiger partial charge in [0.1, 0.15) is 0 Å². The van der Waals surface area contributed by atoms with Crippen molar-refractivity contribution < 1.29 is 23.1 Å². The first kappa shape index (κ1) is 14.0. The highest BCUT2D eigenvalue weighted by molar-refractivity contribution is 8.00. The Labute approximate surface area is 112 Å². The van der Waals surface area contributed by atoms with Crippen LogP contribution in [0.2, 0.25) is 0 Å². The number of thioether (sulfide) groups is 1. The minimum absolute atomic E-state index is 0.0826. The van der Waals surface area contributed by atoms with Crippen LogP contribution >= 0.6 is 11.8 Å². The Bertz CT molecular complexity index is 472. The molecule has 0 spiro atoms. The zero-order chi connectivity index (χ0) is 14.0. The van der Waals surface area contributed by atoms with Crippen LogP contribution in [0, 0.1) is 0 Å². The highest BCUT2D eigenvalue weighted by Crippen LogP contribution is 2.38. The third-order valence-corrected chi connectivity index (χ3v) is 4.13. The summed E-state index contributed by atoms with van der Waals surface area (Å²) in [6.07, 6.45) is -4.10. The van der Waals surface area contributed by atoms with Gasteiger partial charge in [-0.2, -0.15) is 13.2 Å². The van der Waals surface area contributed by atoms with Gasteiger partial charge in [-0.25, -0.2) is 4.79 Å². The summed E-state index contributed by atoms with van der Waals surface area (Å²) >= 11 is 1.36. The molecule has 0 bridgehead atoms. The van der Waals surface area contributed by atoms with Crippen LogP contribution in [-0.4, -0.2) is 22.5 Å². The SMILES string of the molecule is O=C(O)NC1CC(Sc2cccc(C(F)(F)F)c2)C1. The Balaban J connectivity index is 1.90. The van der Waals surface area contributed by atoms with E-state index in [9.17, 15) is 18.0 Å². The van der Waals surface area contributed by atoms with E-state index in [4.69, 9.17) is 5.11 Å². The summed E-state index contributed by atoms with van der Waals surface area (Å²) in [6.45, 7) is 0. The van der Waals surface area contributed by atoms with Crippen LogP contribution in [0.25, 0.3) is 0 Å². The van der Waals surface area contributed by atoms with Gasteiger partial charge >= 0.3 is 12.3 Å². The first-order chi connectivity index (χ1) is 8.84. The topological polar surface area (TPSA) is 49.3 Å². The van der Waals surface area contributed by atoms with Gasteiger partial charge in [0.2, 0.25) is 0 Å². The molecule has 3 nitrogen and oxygen atoms in total. The lowest BCUT2D eigenvalue weighted by molar-refractivity contribution is -0.137. The summed E-state index contributed by atoms with van der Waals surface area (Å²) in [5, 5.41) is 11.0. The van der Waals surface area contributed by atoms with Crippen LogP contribution in [0.1, 0.15) is 18.4 Å². The zero-order valence-electron chi connectivity index (χ0n) is 9.78. The van der Waals surface area contributed by atoms with E-state index in [1.54, 1.807) is 6.07 Å². The largest absolute Gasteiger partial charge is 0.465 e. The Kier molecular flexibility index (Phi) is 3.93. The lowest BCUT2D eigenvalue weighted by Crippen LogP contribution is -2.45. The summed E-state index contributed by atoms with van der Waals surface area (Å²) in [5.41, 5.74) is -0.656. The Morgan fingerprint density at radius 2 is 2.05 bits per heavy atom. The van der Waals surface area contributed by atoms with Crippen molar-refractivity contribution in [3.63, 3.8) is 0 Å². The van der Waals surface area contributed by atoms with Gasteiger partial charge < -0.3 is 10.4 Å². The number of rotatable bonds is 3. The summed E-state index contributed by atoms with van der Waals surface area (Å²) in [7, 11) is 0. The van der Waals surface area contributed by atoms with Crippen molar-refractivity contribution in [1.29, 1.82) is 0 Å². The predicted molar refractivity (Wildman–Crippen MR) is 65.3 cm³/mol. The molecule has 1 aromatic carbocycles. The van der Waals surface area contributed by atoms with Gasteiger partial charge in [0.05, 0.1) is 5.56 Å². The van der Waals surface area contributed by atoms with Crippen molar-refractivity contribution in [3.8, 4) is 0 Å². The molecule has 1 aliphatic rings. The highest BCUT2D eigenvalue weighted by atomic mass is 32.2. The molecule has 19 heavy (non-hydrogen) atoms. The van der Waals surface area contributed by atoms with E-state index in [0.29, 0.717) is 17.7 Å². The van der Waals surface area contributed by atoms with Crippen molar-refractivity contribution in [2.45, 2.75) is 35.2 Å². The fourth-order valence-corrected chi connectivity index (χ4v) is 3.29. The van der Waals surface area contributed by atoms with Crippen LogP contribution in [-0.2, 0) is 6.18 Å². The summed E-state index contributed by atoms with van der Waals surface area (Å²) in [4.78, 5) is 10.9. The first-order valence-corrected chi connectivity index (χ1v) is 6.56. The van der Waals surface area contributed by atoms with Gasteiger partial charge in [-0.15, -0.1) is 11.8 Å². The van der Waals surface area contributed by atoms with Crippen molar-refractivity contribution >= 4 is 17.9 Å². The van der Waals surface area contributed by atoms with Crippen molar-refractivity contribution in [2.24, 2.45) is 0 Å². The third-order valence-electron chi connectivity index (χ3n) is 2.89. The number of alkyl halides is 3. The molecule has 1 saturated carbocycles.